The second-order valence-corrected chi connectivity index (χ2v) is 3.72. The summed E-state index contributed by atoms with van der Waals surface area (Å²) in [5.74, 6) is 0. The molecule has 2 nitrogen and oxygen atoms in total. The van der Waals surface area contributed by atoms with Crippen LogP contribution in [0, 0.1) is 0 Å². The molecule has 1 saturated carbocycles. The Kier molecular flexibility index (Phi) is 3.53. The van der Waals surface area contributed by atoms with Gasteiger partial charge in [-0.3, -0.25) is 0 Å². The predicted octanol–water partition coefficient (Wildman–Crippen LogP) is 2.07. The molecular weight excluding hydrogens is 150 g/mol. The zero-order chi connectivity index (χ0) is 9.03. The summed E-state index contributed by atoms with van der Waals surface area (Å²) >= 11 is 0. The van der Waals surface area contributed by atoms with Crippen molar-refractivity contribution in [2.45, 2.75) is 57.6 Å². The lowest BCUT2D eigenvalue weighted by atomic mass is 9.91. The van der Waals surface area contributed by atoms with Crippen molar-refractivity contribution >= 4 is 0 Å². The SMILES string of the molecule is CCOC1([C@H](N)CC)CCCC1. The minimum atomic E-state index is 0.0312. The molecule has 0 radical (unpaired) electrons. The zero-order valence-corrected chi connectivity index (χ0v) is 8.31. The number of hydrogen-bond donors (Lipinski definition) is 1. The van der Waals surface area contributed by atoms with E-state index >= 15 is 0 Å². The van der Waals surface area contributed by atoms with Gasteiger partial charge in [0.15, 0.2) is 0 Å². The fourth-order valence-corrected chi connectivity index (χ4v) is 2.26. The molecule has 1 aliphatic carbocycles. The second-order valence-electron chi connectivity index (χ2n) is 3.72. The zero-order valence-electron chi connectivity index (χ0n) is 8.31. The summed E-state index contributed by atoms with van der Waals surface area (Å²) in [6.07, 6.45) is 5.92. The van der Waals surface area contributed by atoms with E-state index in [1.165, 1.54) is 12.8 Å². The Bertz CT molecular complexity index is 130. The van der Waals surface area contributed by atoms with Gasteiger partial charge >= 0.3 is 0 Å². The molecule has 0 bridgehead atoms. The topological polar surface area (TPSA) is 35.2 Å². The molecule has 1 fully saturated rings. The Morgan fingerprint density at radius 3 is 2.33 bits per heavy atom. The maximum absolute atomic E-state index is 6.07. The molecule has 0 heterocycles. The second kappa shape index (κ2) is 4.24. The highest BCUT2D eigenvalue weighted by atomic mass is 16.5. The Hall–Kier alpha value is -0.0800. The lowest BCUT2D eigenvalue weighted by molar-refractivity contribution is -0.0532. The number of hydrogen-bond acceptors (Lipinski definition) is 2. The van der Waals surface area contributed by atoms with Crippen molar-refractivity contribution < 1.29 is 4.74 Å². The summed E-state index contributed by atoms with van der Waals surface area (Å²) in [7, 11) is 0. The minimum Gasteiger partial charge on any atom is -0.374 e. The van der Waals surface area contributed by atoms with Crippen LogP contribution in [0.2, 0.25) is 0 Å². The first-order chi connectivity index (χ1) is 5.75. The van der Waals surface area contributed by atoms with E-state index in [-0.39, 0.29) is 11.6 Å². The fraction of sp³-hybridized carbons (Fsp3) is 1.00. The van der Waals surface area contributed by atoms with E-state index in [9.17, 15) is 0 Å². The van der Waals surface area contributed by atoms with Crippen molar-refractivity contribution in [1.29, 1.82) is 0 Å². The third kappa shape index (κ3) is 1.80. The molecule has 0 amide bonds. The van der Waals surface area contributed by atoms with Gasteiger partial charge in [0.1, 0.15) is 0 Å². The van der Waals surface area contributed by atoms with Crippen LogP contribution in [0.1, 0.15) is 46.0 Å². The average Bonchev–Trinajstić information content (AvgIpc) is 2.53. The molecule has 2 N–H and O–H groups in total. The van der Waals surface area contributed by atoms with Crippen LogP contribution >= 0.6 is 0 Å². The summed E-state index contributed by atoms with van der Waals surface area (Å²) in [6, 6.07) is 0.236. The smallest absolute Gasteiger partial charge is 0.0832 e. The van der Waals surface area contributed by atoms with E-state index in [1.807, 2.05) is 0 Å². The van der Waals surface area contributed by atoms with Gasteiger partial charge in [-0.2, -0.15) is 0 Å². The van der Waals surface area contributed by atoms with E-state index < -0.39 is 0 Å². The highest BCUT2D eigenvalue weighted by Crippen LogP contribution is 2.36. The molecule has 0 aromatic carbocycles. The van der Waals surface area contributed by atoms with Gasteiger partial charge in [0.2, 0.25) is 0 Å². The summed E-state index contributed by atoms with van der Waals surface area (Å²) in [4.78, 5) is 0. The first-order valence-corrected chi connectivity index (χ1v) is 5.14. The summed E-state index contributed by atoms with van der Waals surface area (Å²) in [6.45, 7) is 5.00. The Labute approximate surface area is 75.5 Å². The van der Waals surface area contributed by atoms with Gasteiger partial charge in [-0.05, 0) is 26.2 Å². The Morgan fingerprint density at radius 2 is 1.92 bits per heavy atom. The van der Waals surface area contributed by atoms with Crippen molar-refractivity contribution in [2.75, 3.05) is 6.61 Å². The van der Waals surface area contributed by atoms with Gasteiger partial charge in [-0.15, -0.1) is 0 Å². The van der Waals surface area contributed by atoms with Crippen LogP contribution in [-0.2, 0) is 4.74 Å². The molecule has 12 heavy (non-hydrogen) atoms. The van der Waals surface area contributed by atoms with Crippen LogP contribution in [-0.4, -0.2) is 18.2 Å². The van der Waals surface area contributed by atoms with Gasteiger partial charge in [0, 0.05) is 12.6 Å². The van der Waals surface area contributed by atoms with Crippen molar-refractivity contribution in [1.82, 2.24) is 0 Å². The van der Waals surface area contributed by atoms with Crippen LogP contribution in [0.4, 0.5) is 0 Å². The van der Waals surface area contributed by atoms with Crippen LogP contribution in [0.3, 0.4) is 0 Å². The molecule has 0 saturated heterocycles. The lowest BCUT2D eigenvalue weighted by Gasteiger charge is -2.34. The molecule has 0 spiro atoms. The third-order valence-corrected chi connectivity index (χ3v) is 3.00. The minimum absolute atomic E-state index is 0.0312. The average molecular weight is 171 g/mol. The lowest BCUT2D eigenvalue weighted by Crippen LogP contribution is -2.47. The maximum Gasteiger partial charge on any atom is 0.0832 e. The maximum atomic E-state index is 6.07. The van der Waals surface area contributed by atoms with Gasteiger partial charge < -0.3 is 10.5 Å². The molecule has 0 unspecified atom stereocenters. The van der Waals surface area contributed by atoms with Gasteiger partial charge in [-0.1, -0.05) is 19.8 Å². The third-order valence-electron chi connectivity index (χ3n) is 3.00. The van der Waals surface area contributed by atoms with E-state index in [0.29, 0.717) is 0 Å². The quantitative estimate of drug-likeness (QED) is 0.702. The summed E-state index contributed by atoms with van der Waals surface area (Å²) in [5.41, 5.74) is 6.11. The summed E-state index contributed by atoms with van der Waals surface area (Å²) in [5, 5.41) is 0. The van der Waals surface area contributed by atoms with E-state index in [4.69, 9.17) is 10.5 Å². The number of rotatable bonds is 4. The summed E-state index contributed by atoms with van der Waals surface area (Å²) < 4.78 is 5.82. The predicted molar refractivity (Wildman–Crippen MR) is 51.1 cm³/mol. The molecule has 0 aromatic heterocycles. The van der Waals surface area contributed by atoms with Gasteiger partial charge in [0.05, 0.1) is 5.60 Å². The highest BCUT2D eigenvalue weighted by molar-refractivity contribution is 4.94. The monoisotopic (exact) mass is 171 g/mol. The van der Waals surface area contributed by atoms with E-state index in [0.717, 1.165) is 25.9 Å². The molecular formula is C10H21NO. The number of ether oxygens (including phenoxy) is 1. The van der Waals surface area contributed by atoms with E-state index in [2.05, 4.69) is 13.8 Å². The van der Waals surface area contributed by atoms with Gasteiger partial charge in [-0.25, -0.2) is 0 Å². The molecule has 2 heteroatoms. The largest absolute Gasteiger partial charge is 0.374 e. The standard InChI is InChI=1S/C10H21NO/c1-3-9(11)10(12-4-2)7-5-6-8-10/h9H,3-8,11H2,1-2H3/t9-/m1/s1. The molecule has 0 aromatic rings. The highest BCUT2D eigenvalue weighted by Gasteiger charge is 2.39. The van der Waals surface area contributed by atoms with Crippen molar-refractivity contribution in [3.05, 3.63) is 0 Å². The first-order valence-electron chi connectivity index (χ1n) is 5.14. The molecule has 72 valence electrons. The van der Waals surface area contributed by atoms with E-state index in [1.54, 1.807) is 0 Å². The van der Waals surface area contributed by atoms with Crippen molar-refractivity contribution in [3.8, 4) is 0 Å². The van der Waals surface area contributed by atoms with Crippen molar-refractivity contribution in [3.63, 3.8) is 0 Å². The normalized spacial score (nSPS) is 24.2. The molecule has 0 aliphatic heterocycles. The Morgan fingerprint density at radius 1 is 1.33 bits per heavy atom. The first kappa shape index (κ1) is 10.0. The van der Waals surface area contributed by atoms with Crippen LogP contribution < -0.4 is 5.73 Å². The Balaban J connectivity index is 2.57. The van der Waals surface area contributed by atoms with Crippen molar-refractivity contribution in [2.24, 2.45) is 5.73 Å². The molecule has 1 rings (SSSR count). The van der Waals surface area contributed by atoms with Gasteiger partial charge in [0.25, 0.3) is 0 Å². The molecule has 1 atom stereocenters. The number of nitrogens with two attached hydrogens (primary N) is 1. The molecule has 1 aliphatic rings. The fourth-order valence-electron chi connectivity index (χ4n) is 2.26. The van der Waals surface area contributed by atoms with Crippen LogP contribution in [0.15, 0.2) is 0 Å². The van der Waals surface area contributed by atoms with Crippen LogP contribution in [0.5, 0.6) is 0 Å². The van der Waals surface area contributed by atoms with Crippen LogP contribution in [0.25, 0.3) is 0 Å².